The van der Waals surface area contributed by atoms with Crippen LogP contribution in [0.25, 0.3) is 10.8 Å². The van der Waals surface area contributed by atoms with Crippen molar-refractivity contribution in [2.45, 2.75) is 25.7 Å². The van der Waals surface area contributed by atoms with Crippen molar-refractivity contribution in [3.8, 4) is 0 Å². The highest BCUT2D eigenvalue weighted by molar-refractivity contribution is 6.03. The summed E-state index contributed by atoms with van der Waals surface area (Å²) in [6.45, 7) is 0. The Balaban J connectivity index is 1.80. The maximum Gasteiger partial charge on any atom is 0.0905 e. The second-order valence-electron chi connectivity index (χ2n) is 5.74. The van der Waals surface area contributed by atoms with E-state index < -0.39 is 0 Å². The molecule has 0 saturated carbocycles. The molecule has 0 saturated heterocycles. The van der Waals surface area contributed by atoms with Crippen LogP contribution in [0.1, 0.15) is 35.4 Å². The molecule has 0 radical (unpaired) electrons. The quantitative estimate of drug-likeness (QED) is 0.559. The molecule has 0 fully saturated rings. The van der Waals surface area contributed by atoms with Crippen molar-refractivity contribution in [1.29, 1.82) is 0 Å². The minimum atomic E-state index is 0.742. The number of nitrogens with one attached hydrogen (secondary N) is 1. The lowest BCUT2D eigenvalue weighted by Crippen LogP contribution is -2.12. The highest BCUT2D eigenvalue weighted by atomic mass is 16.4. The predicted molar refractivity (Wildman–Crippen MR) is 86.6 cm³/mol. The molecule has 0 atom stereocenters. The summed E-state index contributed by atoms with van der Waals surface area (Å²) in [7, 11) is 0. The molecule has 22 heavy (non-hydrogen) atoms. The minimum Gasteiger partial charge on any atom is -0.411 e. The van der Waals surface area contributed by atoms with Gasteiger partial charge in [-0.3, -0.25) is 5.10 Å². The van der Waals surface area contributed by atoms with E-state index in [0.29, 0.717) is 0 Å². The molecule has 1 aliphatic carbocycles. The highest BCUT2D eigenvalue weighted by Gasteiger charge is 2.23. The van der Waals surface area contributed by atoms with E-state index in [9.17, 15) is 5.21 Å². The molecule has 0 unspecified atom stereocenters. The van der Waals surface area contributed by atoms with E-state index >= 15 is 0 Å². The predicted octanol–water partition coefficient (Wildman–Crippen LogP) is 3.67. The number of benzene rings is 2. The summed E-state index contributed by atoms with van der Waals surface area (Å²) in [5, 5.41) is 22.8. The van der Waals surface area contributed by atoms with Gasteiger partial charge in [-0.25, -0.2) is 0 Å². The molecular formula is C18H17N3O. The maximum absolute atomic E-state index is 9.26. The molecule has 2 aromatic carbocycles. The number of nitrogens with zero attached hydrogens (tertiary/aromatic N) is 2. The normalized spacial score (nSPS) is 16.1. The Hall–Kier alpha value is -2.62. The number of fused-ring (bicyclic) bond motifs is 2. The first kappa shape index (κ1) is 13.1. The third-order valence-corrected chi connectivity index (χ3v) is 4.40. The number of rotatable bonds is 2. The van der Waals surface area contributed by atoms with E-state index in [-0.39, 0.29) is 0 Å². The molecule has 4 nitrogen and oxygen atoms in total. The summed E-state index contributed by atoms with van der Waals surface area (Å²) in [4.78, 5) is 0. The average molecular weight is 291 g/mol. The van der Waals surface area contributed by atoms with Crippen LogP contribution in [0.2, 0.25) is 0 Å². The van der Waals surface area contributed by atoms with E-state index in [4.69, 9.17) is 0 Å². The van der Waals surface area contributed by atoms with E-state index in [1.54, 1.807) is 0 Å². The lowest BCUT2D eigenvalue weighted by atomic mass is 9.91. The van der Waals surface area contributed by atoms with Gasteiger partial charge in [0.2, 0.25) is 0 Å². The monoisotopic (exact) mass is 291 g/mol. The number of aromatic nitrogens is 2. The molecule has 1 heterocycles. The standard InChI is InChI=1S/C18H17N3O/c22-21-16-10-4-9-15-18(16)17(20-19-15)11-13-7-3-6-12-5-1-2-8-14(12)13/h1-3,5-8,22H,4,9-11H2,(H,19,20). The smallest absolute Gasteiger partial charge is 0.0905 e. The molecule has 2 N–H and O–H groups in total. The summed E-state index contributed by atoms with van der Waals surface area (Å²) in [6.07, 6.45) is 3.52. The molecule has 110 valence electrons. The zero-order valence-corrected chi connectivity index (χ0v) is 12.2. The average Bonchev–Trinajstić information content (AvgIpc) is 2.98. The van der Waals surface area contributed by atoms with Crippen LogP contribution in [-0.4, -0.2) is 21.1 Å². The third kappa shape index (κ3) is 2.08. The van der Waals surface area contributed by atoms with Crippen LogP contribution in [0.3, 0.4) is 0 Å². The van der Waals surface area contributed by atoms with Gasteiger partial charge in [0.15, 0.2) is 0 Å². The van der Waals surface area contributed by atoms with Crippen molar-refractivity contribution in [1.82, 2.24) is 10.2 Å². The highest BCUT2D eigenvalue weighted by Crippen LogP contribution is 2.27. The molecule has 4 heteroatoms. The van der Waals surface area contributed by atoms with Crippen molar-refractivity contribution in [2.75, 3.05) is 0 Å². The molecule has 3 aromatic rings. The number of hydrogen-bond acceptors (Lipinski definition) is 3. The second kappa shape index (κ2) is 5.30. The molecule has 0 aliphatic heterocycles. The van der Waals surface area contributed by atoms with Gasteiger partial charge in [0, 0.05) is 17.7 Å². The summed E-state index contributed by atoms with van der Waals surface area (Å²) >= 11 is 0. The van der Waals surface area contributed by atoms with E-state index in [2.05, 4.69) is 57.8 Å². The summed E-state index contributed by atoms with van der Waals surface area (Å²) in [6, 6.07) is 14.7. The largest absolute Gasteiger partial charge is 0.411 e. The Kier molecular flexibility index (Phi) is 3.15. The molecule has 1 aliphatic rings. The number of H-pyrrole nitrogens is 1. The summed E-state index contributed by atoms with van der Waals surface area (Å²) in [5.41, 5.74) is 5.08. The first-order valence-electron chi connectivity index (χ1n) is 7.61. The van der Waals surface area contributed by atoms with E-state index in [1.807, 2.05) is 0 Å². The molecule has 0 spiro atoms. The van der Waals surface area contributed by atoms with Crippen LogP contribution >= 0.6 is 0 Å². The van der Waals surface area contributed by atoms with Crippen LogP contribution in [-0.2, 0) is 12.8 Å². The minimum absolute atomic E-state index is 0.742. The number of oxime groups is 1. The van der Waals surface area contributed by atoms with Crippen LogP contribution in [0.4, 0.5) is 0 Å². The van der Waals surface area contributed by atoms with Crippen molar-refractivity contribution < 1.29 is 5.21 Å². The Morgan fingerprint density at radius 2 is 1.95 bits per heavy atom. The fourth-order valence-electron chi connectivity index (χ4n) is 3.36. The fraction of sp³-hybridized carbons (Fsp3) is 0.222. The van der Waals surface area contributed by atoms with Gasteiger partial charge in [-0.05, 0) is 35.6 Å². The van der Waals surface area contributed by atoms with Crippen molar-refractivity contribution >= 4 is 16.5 Å². The SMILES string of the molecule is ON=C1CCCc2[nH]nc(Cc3cccc4ccccc34)c21. The van der Waals surface area contributed by atoms with E-state index in [1.165, 1.54) is 16.3 Å². The van der Waals surface area contributed by atoms with Gasteiger partial charge in [-0.1, -0.05) is 47.6 Å². The van der Waals surface area contributed by atoms with Crippen molar-refractivity contribution in [2.24, 2.45) is 5.16 Å². The van der Waals surface area contributed by atoms with Gasteiger partial charge >= 0.3 is 0 Å². The lowest BCUT2D eigenvalue weighted by Gasteiger charge is -2.13. The molecular weight excluding hydrogens is 274 g/mol. The second-order valence-corrected chi connectivity index (χ2v) is 5.74. The Morgan fingerprint density at radius 3 is 2.86 bits per heavy atom. The maximum atomic E-state index is 9.26. The van der Waals surface area contributed by atoms with Gasteiger partial charge in [-0.2, -0.15) is 5.10 Å². The zero-order valence-electron chi connectivity index (χ0n) is 12.2. The van der Waals surface area contributed by atoms with Crippen LogP contribution in [0, 0.1) is 0 Å². The van der Waals surface area contributed by atoms with Crippen molar-refractivity contribution in [3.05, 3.63) is 65.0 Å². The van der Waals surface area contributed by atoms with Crippen molar-refractivity contribution in [3.63, 3.8) is 0 Å². The van der Waals surface area contributed by atoms with Gasteiger partial charge in [0.25, 0.3) is 0 Å². The molecule has 0 bridgehead atoms. The molecule has 0 amide bonds. The lowest BCUT2D eigenvalue weighted by molar-refractivity contribution is 0.317. The Labute approximate surface area is 128 Å². The topological polar surface area (TPSA) is 61.3 Å². The Bertz CT molecular complexity index is 858. The third-order valence-electron chi connectivity index (χ3n) is 4.40. The summed E-state index contributed by atoms with van der Waals surface area (Å²) < 4.78 is 0. The van der Waals surface area contributed by atoms with Crippen LogP contribution in [0.5, 0.6) is 0 Å². The van der Waals surface area contributed by atoms with Gasteiger partial charge < -0.3 is 5.21 Å². The first-order valence-corrected chi connectivity index (χ1v) is 7.61. The zero-order chi connectivity index (χ0) is 14.9. The number of aryl methyl sites for hydroxylation is 1. The molecule has 1 aromatic heterocycles. The molecule has 4 rings (SSSR count). The van der Waals surface area contributed by atoms with Crippen LogP contribution < -0.4 is 0 Å². The first-order chi connectivity index (χ1) is 10.9. The van der Waals surface area contributed by atoms with Crippen LogP contribution in [0.15, 0.2) is 47.6 Å². The fourth-order valence-corrected chi connectivity index (χ4v) is 3.36. The van der Waals surface area contributed by atoms with Gasteiger partial charge in [0.1, 0.15) is 0 Å². The Morgan fingerprint density at radius 1 is 1.09 bits per heavy atom. The van der Waals surface area contributed by atoms with Gasteiger partial charge in [-0.15, -0.1) is 0 Å². The summed E-state index contributed by atoms with van der Waals surface area (Å²) in [5.74, 6) is 0. The van der Waals surface area contributed by atoms with E-state index in [0.717, 1.165) is 48.3 Å². The number of aromatic amines is 1. The number of hydrogen-bond donors (Lipinski definition) is 2. The van der Waals surface area contributed by atoms with Gasteiger partial charge in [0.05, 0.1) is 11.4 Å².